The van der Waals surface area contributed by atoms with Crippen LogP contribution in [-0.4, -0.2) is 70.3 Å². The van der Waals surface area contributed by atoms with Gasteiger partial charge in [-0.25, -0.2) is 4.79 Å². The molecule has 0 N–H and O–H groups in total. The van der Waals surface area contributed by atoms with Crippen molar-refractivity contribution in [3.05, 3.63) is 59.4 Å². The lowest BCUT2D eigenvalue weighted by Gasteiger charge is -2.34. The minimum absolute atomic E-state index is 0.105. The van der Waals surface area contributed by atoms with Gasteiger partial charge >= 0.3 is 6.09 Å². The maximum atomic E-state index is 12.6. The van der Waals surface area contributed by atoms with Gasteiger partial charge in [0.1, 0.15) is 5.75 Å². The lowest BCUT2D eigenvalue weighted by molar-refractivity contribution is -0.152. The Bertz CT molecular complexity index is 1050. The van der Waals surface area contributed by atoms with E-state index in [1.54, 1.807) is 17.0 Å². The van der Waals surface area contributed by atoms with E-state index in [0.29, 0.717) is 44.6 Å². The van der Waals surface area contributed by atoms with Gasteiger partial charge in [0.15, 0.2) is 0 Å². The highest BCUT2D eigenvalue weighted by molar-refractivity contribution is 5.98. The molecule has 2 aliphatic heterocycles. The Kier molecular flexibility index (Phi) is 7.50. The molecule has 2 aliphatic rings. The molecule has 186 valence electrons. The Labute approximate surface area is 206 Å². The number of likely N-dealkylation sites (tertiary alicyclic amines) is 1. The first kappa shape index (κ1) is 24.9. The number of pyridine rings is 1. The zero-order valence-electron chi connectivity index (χ0n) is 20.8. The lowest BCUT2D eigenvalue weighted by Crippen LogP contribution is -2.49. The highest BCUT2D eigenvalue weighted by atomic mass is 16.6. The van der Waals surface area contributed by atoms with E-state index in [2.05, 4.69) is 9.88 Å². The predicted molar refractivity (Wildman–Crippen MR) is 132 cm³/mol. The molecule has 0 aliphatic carbocycles. The van der Waals surface area contributed by atoms with Crippen molar-refractivity contribution in [2.24, 2.45) is 5.41 Å². The van der Waals surface area contributed by atoms with E-state index in [4.69, 9.17) is 4.74 Å². The molecule has 0 radical (unpaired) electrons. The third-order valence-electron chi connectivity index (χ3n) is 6.58. The van der Waals surface area contributed by atoms with Gasteiger partial charge in [0.2, 0.25) is 11.8 Å². The van der Waals surface area contributed by atoms with Crippen molar-refractivity contribution in [1.29, 1.82) is 0 Å². The fourth-order valence-corrected chi connectivity index (χ4v) is 4.60. The molecule has 1 aromatic carbocycles. The van der Waals surface area contributed by atoms with Crippen LogP contribution in [0.3, 0.4) is 0 Å². The van der Waals surface area contributed by atoms with Gasteiger partial charge in [0.05, 0.1) is 5.69 Å². The summed E-state index contributed by atoms with van der Waals surface area (Å²) < 4.78 is 5.57. The van der Waals surface area contributed by atoms with E-state index in [-0.39, 0.29) is 23.3 Å². The highest BCUT2D eigenvalue weighted by Crippen LogP contribution is 2.31. The molecule has 2 saturated heterocycles. The molecule has 0 saturated carbocycles. The van der Waals surface area contributed by atoms with Gasteiger partial charge in [0, 0.05) is 57.8 Å². The van der Waals surface area contributed by atoms with Crippen LogP contribution in [-0.2, 0) is 22.6 Å². The van der Waals surface area contributed by atoms with Crippen molar-refractivity contribution in [2.45, 2.75) is 46.6 Å². The van der Waals surface area contributed by atoms with Crippen molar-refractivity contribution in [3.63, 3.8) is 0 Å². The van der Waals surface area contributed by atoms with Crippen LogP contribution in [0.15, 0.2) is 42.5 Å². The van der Waals surface area contributed by atoms with Gasteiger partial charge in [-0.1, -0.05) is 32.0 Å². The number of piperidine rings is 1. The maximum absolute atomic E-state index is 12.6. The molecule has 3 amide bonds. The molecule has 0 spiro atoms. The van der Waals surface area contributed by atoms with E-state index in [1.807, 2.05) is 51.1 Å². The largest absolute Gasteiger partial charge is 0.415 e. The molecular weight excluding hydrogens is 444 g/mol. The molecule has 0 bridgehead atoms. The summed E-state index contributed by atoms with van der Waals surface area (Å²) in [5.74, 6) is 0.274. The second kappa shape index (κ2) is 10.6. The average molecular weight is 479 g/mol. The number of carbonyl (C=O) groups excluding carboxylic acids is 3. The molecule has 0 unspecified atom stereocenters. The molecule has 2 fully saturated rings. The van der Waals surface area contributed by atoms with Crippen molar-refractivity contribution >= 4 is 17.9 Å². The Morgan fingerprint density at radius 1 is 0.971 bits per heavy atom. The van der Waals surface area contributed by atoms with Gasteiger partial charge in [-0.2, -0.15) is 0 Å². The van der Waals surface area contributed by atoms with E-state index in [9.17, 15) is 14.4 Å². The van der Waals surface area contributed by atoms with E-state index in [0.717, 1.165) is 36.6 Å². The van der Waals surface area contributed by atoms with Crippen molar-refractivity contribution in [1.82, 2.24) is 19.7 Å². The first-order chi connectivity index (χ1) is 16.7. The zero-order valence-corrected chi connectivity index (χ0v) is 20.8. The summed E-state index contributed by atoms with van der Waals surface area (Å²) >= 11 is 0. The normalized spacial score (nSPS) is 18.6. The predicted octanol–water partition coefficient (Wildman–Crippen LogP) is 3.42. The quantitative estimate of drug-likeness (QED) is 0.592. The number of aryl methyl sites for hydroxylation is 1. The molecule has 3 heterocycles. The fraction of sp³-hybridized carbons (Fsp3) is 0.481. The number of benzene rings is 1. The Balaban J connectivity index is 1.22. The topological polar surface area (TPSA) is 83.0 Å². The SMILES string of the molecule is Cc1cccc(CN2CCN(C(=O)Oc3ccc(CCN4C(=O)CC(C)(C)CC4=O)cc3)CC2)n1. The number of hydrogen-bond donors (Lipinski definition) is 0. The lowest BCUT2D eigenvalue weighted by atomic mass is 9.81. The van der Waals surface area contributed by atoms with Crippen LogP contribution in [0.4, 0.5) is 4.79 Å². The smallest absolute Gasteiger partial charge is 0.410 e. The van der Waals surface area contributed by atoms with E-state index >= 15 is 0 Å². The van der Waals surface area contributed by atoms with Crippen LogP contribution in [0.1, 0.15) is 43.6 Å². The van der Waals surface area contributed by atoms with Crippen molar-refractivity contribution in [3.8, 4) is 5.75 Å². The van der Waals surface area contributed by atoms with Gasteiger partial charge in [0.25, 0.3) is 0 Å². The van der Waals surface area contributed by atoms with Crippen LogP contribution in [0.5, 0.6) is 5.75 Å². The second-order valence-corrected chi connectivity index (χ2v) is 10.3. The standard InChI is InChI=1S/C27H34N4O4/c1-20-5-4-6-22(28-20)19-29-13-15-30(16-14-29)26(34)35-23-9-7-21(8-10-23)11-12-31-24(32)17-27(2,3)18-25(31)33/h4-10H,11-19H2,1-3H3. The summed E-state index contributed by atoms with van der Waals surface area (Å²) in [6.45, 7) is 9.79. The fourth-order valence-electron chi connectivity index (χ4n) is 4.60. The number of aromatic nitrogens is 1. The second-order valence-electron chi connectivity index (χ2n) is 10.3. The summed E-state index contributed by atoms with van der Waals surface area (Å²) in [5.41, 5.74) is 2.77. The van der Waals surface area contributed by atoms with Crippen LogP contribution >= 0.6 is 0 Å². The molecule has 2 aromatic rings. The maximum Gasteiger partial charge on any atom is 0.415 e. The molecule has 8 nitrogen and oxygen atoms in total. The highest BCUT2D eigenvalue weighted by Gasteiger charge is 2.37. The third-order valence-corrected chi connectivity index (χ3v) is 6.58. The first-order valence-electron chi connectivity index (χ1n) is 12.2. The van der Waals surface area contributed by atoms with Crippen molar-refractivity contribution < 1.29 is 19.1 Å². The van der Waals surface area contributed by atoms with Crippen LogP contribution in [0.25, 0.3) is 0 Å². The number of imide groups is 1. The van der Waals surface area contributed by atoms with Crippen LogP contribution in [0.2, 0.25) is 0 Å². The van der Waals surface area contributed by atoms with Gasteiger partial charge < -0.3 is 9.64 Å². The van der Waals surface area contributed by atoms with Crippen molar-refractivity contribution in [2.75, 3.05) is 32.7 Å². The molecule has 4 rings (SSSR count). The number of carbonyl (C=O) groups is 3. The minimum Gasteiger partial charge on any atom is -0.410 e. The minimum atomic E-state index is -0.349. The molecule has 1 aromatic heterocycles. The molecule has 8 heteroatoms. The summed E-state index contributed by atoms with van der Waals surface area (Å²) in [6, 6.07) is 13.3. The Morgan fingerprint density at radius 2 is 1.63 bits per heavy atom. The summed E-state index contributed by atoms with van der Waals surface area (Å²) in [5, 5.41) is 0. The van der Waals surface area contributed by atoms with E-state index in [1.165, 1.54) is 4.90 Å². The average Bonchev–Trinajstić information content (AvgIpc) is 2.79. The number of hydrogen-bond acceptors (Lipinski definition) is 6. The number of ether oxygens (including phenoxy) is 1. The summed E-state index contributed by atoms with van der Waals surface area (Å²) in [4.78, 5) is 47.2. The van der Waals surface area contributed by atoms with Gasteiger partial charge in [-0.05, 0) is 48.6 Å². The Hall–Kier alpha value is -3.26. The van der Waals surface area contributed by atoms with Gasteiger partial charge in [-0.3, -0.25) is 24.4 Å². The summed E-state index contributed by atoms with van der Waals surface area (Å²) in [6.07, 6.45) is 1.01. The molecular formula is C27H34N4O4. The number of nitrogens with zero attached hydrogens (tertiary/aromatic N) is 4. The number of amides is 3. The van der Waals surface area contributed by atoms with E-state index < -0.39 is 0 Å². The summed E-state index contributed by atoms with van der Waals surface area (Å²) in [7, 11) is 0. The van der Waals surface area contributed by atoms with Crippen LogP contribution in [0, 0.1) is 12.3 Å². The molecule has 35 heavy (non-hydrogen) atoms. The van der Waals surface area contributed by atoms with Gasteiger partial charge in [-0.15, -0.1) is 0 Å². The number of rotatable bonds is 6. The zero-order chi connectivity index (χ0) is 25.0. The Morgan fingerprint density at radius 3 is 2.26 bits per heavy atom. The molecule has 0 atom stereocenters. The van der Waals surface area contributed by atoms with Crippen LogP contribution < -0.4 is 4.74 Å². The monoisotopic (exact) mass is 478 g/mol. The first-order valence-corrected chi connectivity index (χ1v) is 12.2. The third kappa shape index (κ3) is 6.66. The number of piperazine rings is 1.